The minimum atomic E-state index is 0.994. The predicted molar refractivity (Wildman–Crippen MR) is 39.5 cm³/mol. The Labute approximate surface area is 62.0 Å². The van der Waals surface area contributed by atoms with Crippen LogP contribution in [0.5, 0.6) is 0 Å². The van der Waals surface area contributed by atoms with Crippen LogP contribution in [-0.2, 0) is 0 Å². The highest BCUT2D eigenvalue weighted by atomic mass is 14.8. The van der Waals surface area contributed by atoms with Crippen molar-refractivity contribution in [3.63, 3.8) is 0 Å². The van der Waals surface area contributed by atoms with Crippen LogP contribution in [0.2, 0.25) is 0 Å². The topological polar surface area (TPSA) is 0 Å². The molecule has 5 unspecified atom stereocenters. The minimum absolute atomic E-state index is 0.994. The van der Waals surface area contributed by atoms with E-state index in [0.29, 0.717) is 0 Å². The van der Waals surface area contributed by atoms with Crippen molar-refractivity contribution >= 4 is 0 Å². The Hall–Kier alpha value is 0. The van der Waals surface area contributed by atoms with Crippen molar-refractivity contribution in [1.29, 1.82) is 0 Å². The van der Waals surface area contributed by atoms with E-state index in [1.807, 2.05) is 0 Å². The van der Waals surface area contributed by atoms with Crippen LogP contribution in [0.1, 0.15) is 32.1 Å². The second-order valence-corrected chi connectivity index (χ2v) is 5.09. The second kappa shape index (κ2) is 1.09. The van der Waals surface area contributed by atoms with Gasteiger partial charge in [0.05, 0.1) is 0 Å². The molecule has 4 aliphatic rings. The van der Waals surface area contributed by atoms with Crippen molar-refractivity contribution in [2.24, 2.45) is 29.1 Å². The molecule has 4 rings (SSSR count). The summed E-state index contributed by atoms with van der Waals surface area (Å²) in [6, 6.07) is 0. The Morgan fingerprint density at radius 1 is 0.900 bits per heavy atom. The van der Waals surface area contributed by atoms with Gasteiger partial charge in [0.1, 0.15) is 0 Å². The average molecular weight is 134 g/mol. The van der Waals surface area contributed by atoms with Crippen molar-refractivity contribution in [2.45, 2.75) is 32.1 Å². The van der Waals surface area contributed by atoms with E-state index >= 15 is 0 Å². The van der Waals surface area contributed by atoms with Gasteiger partial charge in [-0.1, -0.05) is 0 Å². The minimum Gasteiger partial charge on any atom is -0.0496 e. The first-order valence-electron chi connectivity index (χ1n) is 4.92. The summed E-state index contributed by atoms with van der Waals surface area (Å²) in [7, 11) is 0. The van der Waals surface area contributed by atoms with Gasteiger partial charge in [0.2, 0.25) is 0 Å². The number of fused-ring (bicyclic) bond motifs is 2. The molecule has 4 aliphatic carbocycles. The van der Waals surface area contributed by atoms with E-state index in [9.17, 15) is 0 Å². The third kappa shape index (κ3) is 0.245. The van der Waals surface area contributed by atoms with Crippen molar-refractivity contribution in [3.8, 4) is 0 Å². The zero-order valence-electron chi connectivity index (χ0n) is 6.34. The van der Waals surface area contributed by atoms with Gasteiger partial charge >= 0.3 is 0 Å². The Balaban J connectivity index is 1.87. The van der Waals surface area contributed by atoms with Gasteiger partial charge in [-0.2, -0.15) is 0 Å². The molecule has 0 aromatic heterocycles. The molecule has 0 aliphatic heterocycles. The monoisotopic (exact) mass is 134 g/mol. The van der Waals surface area contributed by atoms with E-state index in [2.05, 4.69) is 0 Å². The summed E-state index contributed by atoms with van der Waals surface area (Å²) in [5.74, 6) is 4.99. The lowest BCUT2D eigenvalue weighted by atomic mass is 9.46. The van der Waals surface area contributed by atoms with Crippen LogP contribution in [0.3, 0.4) is 0 Å². The highest BCUT2D eigenvalue weighted by molar-refractivity contribution is 5.23. The maximum atomic E-state index is 1.66. The molecule has 0 aromatic rings. The number of hydrogen-bond acceptors (Lipinski definition) is 0. The Bertz CT molecular complexity index is 204. The zero-order chi connectivity index (χ0) is 6.34. The van der Waals surface area contributed by atoms with Crippen molar-refractivity contribution in [2.75, 3.05) is 0 Å². The molecule has 2 bridgehead atoms. The fourth-order valence-electron chi connectivity index (χ4n) is 4.81. The third-order valence-corrected chi connectivity index (χ3v) is 5.41. The van der Waals surface area contributed by atoms with Gasteiger partial charge < -0.3 is 0 Å². The van der Waals surface area contributed by atoms with Crippen LogP contribution >= 0.6 is 0 Å². The van der Waals surface area contributed by atoms with Gasteiger partial charge in [0.15, 0.2) is 0 Å². The smallest absolute Gasteiger partial charge is 0.0232 e. The van der Waals surface area contributed by atoms with Crippen molar-refractivity contribution < 1.29 is 0 Å². The fraction of sp³-hybridized carbons (Fsp3) is 1.00. The van der Waals surface area contributed by atoms with Gasteiger partial charge in [-0.25, -0.2) is 0 Å². The second-order valence-electron chi connectivity index (χ2n) is 5.09. The molecule has 5 atom stereocenters. The van der Waals surface area contributed by atoms with E-state index in [1.165, 1.54) is 23.7 Å². The van der Waals surface area contributed by atoms with Crippen LogP contribution in [-0.4, -0.2) is 0 Å². The highest BCUT2D eigenvalue weighted by Crippen LogP contribution is 2.82. The number of rotatable bonds is 0. The standard InChI is InChI=1S/C10H14/c1-2-8-6(1)7-5-10(8)4-3-9(7)10/h6-9H,1-5H2. The normalized spacial score (nSPS) is 74.4. The van der Waals surface area contributed by atoms with Gasteiger partial charge in [0, 0.05) is 0 Å². The first-order valence-corrected chi connectivity index (χ1v) is 4.92. The largest absolute Gasteiger partial charge is 0.0496 e. The van der Waals surface area contributed by atoms with Crippen LogP contribution in [0, 0.1) is 29.1 Å². The molecule has 0 amide bonds. The molecule has 4 fully saturated rings. The van der Waals surface area contributed by atoms with E-state index in [4.69, 9.17) is 0 Å². The Kier molecular flexibility index (Phi) is 0.522. The molecule has 0 aromatic carbocycles. The lowest BCUT2D eigenvalue weighted by Crippen LogP contribution is -2.50. The molecule has 10 heavy (non-hydrogen) atoms. The third-order valence-electron chi connectivity index (χ3n) is 5.41. The summed E-state index contributed by atoms with van der Waals surface area (Å²) in [6.07, 6.45) is 8.10. The summed E-state index contributed by atoms with van der Waals surface area (Å²) >= 11 is 0. The first kappa shape index (κ1) is 4.79. The van der Waals surface area contributed by atoms with Gasteiger partial charge in [-0.05, 0) is 61.2 Å². The highest BCUT2D eigenvalue weighted by Gasteiger charge is 2.74. The summed E-state index contributed by atoms with van der Waals surface area (Å²) in [6.45, 7) is 0. The molecule has 4 saturated carbocycles. The maximum Gasteiger partial charge on any atom is -0.0232 e. The molecule has 0 heterocycles. The molecule has 0 heteroatoms. The molecule has 54 valence electrons. The quantitative estimate of drug-likeness (QED) is 0.477. The first-order chi connectivity index (χ1) is 4.92. The van der Waals surface area contributed by atoms with E-state index in [0.717, 1.165) is 5.41 Å². The zero-order valence-corrected chi connectivity index (χ0v) is 6.34. The summed E-state index contributed by atoms with van der Waals surface area (Å²) in [4.78, 5) is 0. The van der Waals surface area contributed by atoms with Crippen LogP contribution in [0.25, 0.3) is 0 Å². The van der Waals surface area contributed by atoms with E-state index in [-0.39, 0.29) is 0 Å². The molecular formula is C10H14. The van der Waals surface area contributed by atoms with Crippen LogP contribution < -0.4 is 0 Å². The van der Waals surface area contributed by atoms with E-state index in [1.54, 1.807) is 32.1 Å². The van der Waals surface area contributed by atoms with Gasteiger partial charge in [-0.15, -0.1) is 0 Å². The lowest BCUT2D eigenvalue weighted by Gasteiger charge is -2.58. The molecule has 0 spiro atoms. The number of hydrogen-bond donors (Lipinski definition) is 0. The fourth-order valence-corrected chi connectivity index (χ4v) is 4.81. The molecule has 0 nitrogen and oxygen atoms in total. The van der Waals surface area contributed by atoms with Crippen molar-refractivity contribution in [1.82, 2.24) is 0 Å². The SMILES string of the molecule is C1CC2C1C1CC23CCC13. The summed E-state index contributed by atoms with van der Waals surface area (Å²) < 4.78 is 0. The molecular weight excluding hydrogens is 120 g/mol. The maximum absolute atomic E-state index is 1.66. The van der Waals surface area contributed by atoms with Crippen LogP contribution in [0.4, 0.5) is 0 Å². The summed E-state index contributed by atoms with van der Waals surface area (Å²) in [5, 5.41) is 0. The molecule has 0 saturated heterocycles. The Morgan fingerprint density at radius 2 is 1.80 bits per heavy atom. The lowest BCUT2D eigenvalue weighted by molar-refractivity contribution is -0.0928. The Morgan fingerprint density at radius 3 is 2.10 bits per heavy atom. The van der Waals surface area contributed by atoms with Gasteiger partial charge in [0.25, 0.3) is 0 Å². The van der Waals surface area contributed by atoms with E-state index < -0.39 is 0 Å². The predicted octanol–water partition coefficient (Wildman–Crippen LogP) is 2.44. The summed E-state index contributed by atoms with van der Waals surface area (Å²) in [5.41, 5.74) is 0.994. The van der Waals surface area contributed by atoms with Crippen LogP contribution in [0.15, 0.2) is 0 Å². The molecule has 0 radical (unpaired) electrons. The molecule has 0 N–H and O–H groups in total. The average Bonchev–Trinajstić information content (AvgIpc) is 2.07. The van der Waals surface area contributed by atoms with Gasteiger partial charge in [-0.3, -0.25) is 0 Å². The van der Waals surface area contributed by atoms with Crippen molar-refractivity contribution in [3.05, 3.63) is 0 Å².